The molecule has 0 spiro atoms. The summed E-state index contributed by atoms with van der Waals surface area (Å²) in [6, 6.07) is 17.2. The first-order chi connectivity index (χ1) is 12.4. The van der Waals surface area contributed by atoms with Crippen molar-refractivity contribution in [2.24, 2.45) is 0 Å². The van der Waals surface area contributed by atoms with E-state index in [4.69, 9.17) is 0 Å². The molecular weight excluding hydrogens is 326 g/mol. The summed E-state index contributed by atoms with van der Waals surface area (Å²) in [7, 11) is 0. The number of thiophene rings is 1. The van der Waals surface area contributed by atoms with Crippen molar-refractivity contribution in [1.82, 2.24) is 14.8 Å². The van der Waals surface area contributed by atoms with Crippen LogP contribution in [0.5, 0.6) is 0 Å². The highest BCUT2D eigenvalue weighted by molar-refractivity contribution is 7.10. The van der Waals surface area contributed by atoms with Crippen LogP contribution in [0.2, 0.25) is 0 Å². The molecule has 128 valence electrons. The second-order valence-corrected chi connectivity index (χ2v) is 7.57. The zero-order chi connectivity index (χ0) is 16.9. The van der Waals surface area contributed by atoms with Gasteiger partial charge in [-0.2, -0.15) is 0 Å². The monoisotopic (exact) mass is 349 g/mol. The van der Waals surface area contributed by atoms with E-state index in [2.05, 4.69) is 68.7 Å². The summed E-state index contributed by atoms with van der Waals surface area (Å²) in [4.78, 5) is 10.7. The molecule has 4 rings (SSSR count). The number of aromatic nitrogens is 1. The lowest BCUT2D eigenvalue weighted by Crippen LogP contribution is -2.45. The first-order valence-electron chi connectivity index (χ1n) is 8.83. The highest BCUT2D eigenvalue weighted by Crippen LogP contribution is 2.26. The summed E-state index contributed by atoms with van der Waals surface area (Å²) in [5.41, 5.74) is 4.01. The fourth-order valence-electron chi connectivity index (χ4n) is 3.32. The summed E-state index contributed by atoms with van der Waals surface area (Å²) < 4.78 is 0. The van der Waals surface area contributed by atoms with E-state index in [1.807, 2.05) is 23.7 Å². The largest absolute Gasteiger partial charge is 0.297 e. The molecule has 25 heavy (non-hydrogen) atoms. The fourth-order valence-corrected chi connectivity index (χ4v) is 4.25. The Morgan fingerprint density at radius 3 is 2.20 bits per heavy atom. The number of nitrogens with zero attached hydrogens (tertiary/aromatic N) is 3. The van der Waals surface area contributed by atoms with Gasteiger partial charge in [0.05, 0.1) is 0 Å². The van der Waals surface area contributed by atoms with Gasteiger partial charge in [0.25, 0.3) is 0 Å². The third-order valence-electron chi connectivity index (χ3n) is 4.76. The Labute approximate surface area is 153 Å². The summed E-state index contributed by atoms with van der Waals surface area (Å²) in [6.45, 7) is 6.67. The summed E-state index contributed by atoms with van der Waals surface area (Å²) in [5.74, 6) is 0. The average molecular weight is 350 g/mol. The molecule has 0 N–H and O–H groups in total. The average Bonchev–Trinajstić information content (AvgIpc) is 3.14. The second-order valence-electron chi connectivity index (χ2n) is 6.58. The van der Waals surface area contributed by atoms with Gasteiger partial charge in [0.2, 0.25) is 0 Å². The fraction of sp³-hybridized carbons (Fsp3) is 0.286. The van der Waals surface area contributed by atoms with Gasteiger partial charge in [-0.3, -0.25) is 14.8 Å². The molecule has 1 aliphatic rings. The van der Waals surface area contributed by atoms with Crippen LogP contribution >= 0.6 is 11.3 Å². The van der Waals surface area contributed by atoms with Gasteiger partial charge in [0.1, 0.15) is 0 Å². The van der Waals surface area contributed by atoms with E-state index in [0.717, 1.165) is 39.3 Å². The summed E-state index contributed by atoms with van der Waals surface area (Å²) in [6.07, 6.45) is 3.76. The highest BCUT2D eigenvalue weighted by atomic mass is 32.1. The lowest BCUT2D eigenvalue weighted by molar-refractivity contribution is 0.123. The van der Waals surface area contributed by atoms with Gasteiger partial charge in [-0.05, 0) is 40.3 Å². The Kier molecular flexibility index (Phi) is 5.21. The van der Waals surface area contributed by atoms with Crippen molar-refractivity contribution < 1.29 is 0 Å². The van der Waals surface area contributed by atoms with Crippen molar-refractivity contribution in [2.75, 3.05) is 26.2 Å². The topological polar surface area (TPSA) is 19.4 Å². The molecule has 0 atom stereocenters. The van der Waals surface area contributed by atoms with E-state index in [1.165, 1.54) is 21.6 Å². The minimum Gasteiger partial charge on any atom is -0.297 e. The first-order valence-corrected chi connectivity index (χ1v) is 9.71. The third kappa shape index (κ3) is 4.34. The molecule has 0 saturated carbocycles. The zero-order valence-electron chi connectivity index (χ0n) is 14.3. The van der Waals surface area contributed by atoms with Gasteiger partial charge in [-0.1, -0.05) is 30.3 Å². The number of benzene rings is 1. The maximum atomic E-state index is 4.10. The quantitative estimate of drug-likeness (QED) is 0.690. The van der Waals surface area contributed by atoms with Crippen molar-refractivity contribution in [3.8, 4) is 11.1 Å². The Morgan fingerprint density at radius 2 is 1.48 bits per heavy atom. The van der Waals surface area contributed by atoms with Crippen LogP contribution in [0.1, 0.15) is 10.4 Å². The van der Waals surface area contributed by atoms with E-state index < -0.39 is 0 Å². The molecular formula is C21H23N3S. The van der Waals surface area contributed by atoms with Crippen LogP contribution in [-0.2, 0) is 13.1 Å². The van der Waals surface area contributed by atoms with E-state index in [-0.39, 0.29) is 0 Å². The van der Waals surface area contributed by atoms with Crippen molar-refractivity contribution in [3.05, 3.63) is 76.7 Å². The van der Waals surface area contributed by atoms with Crippen molar-refractivity contribution in [3.63, 3.8) is 0 Å². The minimum atomic E-state index is 1.04. The Morgan fingerprint density at radius 1 is 0.800 bits per heavy atom. The molecule has 1 aromatic carbocycles. The van der Waals surface area contributed by atoms with Crippen molar-refractivity contribution in [2.45, 2.75) is 13.1 Å². The van der Waals surface area contributed by atoms with Crippen LogP contribution in [0, 0.1) is 0 Å². The number of hydrogen-bond acceptors (Lipinski definition) is 4. The molecule has 0 unspecified atom stereocenters. The lowest BCUT2D eigenvalue weighted by Gasteiger charge is -2.34. The number of rotatable bonds is 5. The van der Waals surface area contributed by atoms with E-state index in [0.29, 0.717) is 0 Å². The molecule has 1 aliphatic heterocycles. The smallest absolute Gasteiger partial charge is 0.0329 e. The van der Waals surface area contributed by atoms with Crippen molar-refractivity contribution in [1.29, 1.82) is 0 Å². The van der Waals surface area contributed by atoms with E-state index >= 15 is 0 Å². The molecule has 0 bridgehead atoms. The molecule has 3 heterocycles. The maximum Gasteiger partial charge on any atom is 0.0329 e. The van der Waals surface area contributed by atoms with Gasteiger partial charge in [0, 0.05) is 56.5 Å². The molecule has 1 fully saturated rings. The predicted molar refractivity (Wildman–Crippen MR) is 105 cm³/mol. The predicted octanol–water partition coefficient (Wildman–Crippen LogP) is 4.13. The van der Waals surface area contributed by atoms with Gasteiger partial charge in [0.15, 0.2) is 0 Å². The molecule has 3 aromatic rings. The third-order valence-corrected chi connectivity index (χ3v) is 5.68. The molecule has 0 amide bonds. The van der Waals surface area contributed by atoms with E-state index in [1.54, 1.807) is 0 Å². The standard InChI is InChI=1S/C21H23N3S/c1-2-4-19(5-3-1)20-14-21(25-17-20)16-24-12-10-23(11-13-24)15-18-6-8-22-9-7-18/h1-9,14,17H,10-13,15-16H2. The molecule has 2 aromatic heterocycles. The lowest BCUT2D eigenvalue weighted by atomic mass is 10.1. The van der Waals surface area contributed by atoms with Gasteiger partial charge in [-0.15, -0.1) is 11.3 Å². The normalized spacial score (nSPS) is 16.2. The molecule has 0 aliphatic carbocycles. The minimum absolute atomic E-state index is 1.04. The van der Waals surface area contributed by atoms with Gasteiger partial charge >= 0.3 is 0 Å². The second kappa shape index (κ2) is 7.91. The van der Waals surface area contributed by atoms with Crippen molar-refractivity contribution >= 4 is 11.3 Å². The molecule has 1 saturated heterocycles. The molecule has 3 nitrogen and oxygen atoms in total. The Balaban J connectivity index is 1.30. The molecule has 0 radical (unpaired) electrons. The van der Waals surface area contributed by atoms with Gasteiger partial charge < -0.3 is 0 Å². The number of hydrogen-bond donors (Lipinski definition) is 0. The SMILES string of the molecule is c1ccc(-c2csc(CN3CCN(Cc4ccncc4)CC3)c2)cc1. The van der Waals surface area contributed by atoms with E-state index in [9.17, 15) is 0 Å². The Bertz CT molecular complexity index is 777. The van der Waals surface area contributed by atoms with Crippen LogP contribution in [0.3, 0.4) is 0 Å². The number of piperazine rings is 1. The molecule has 4 heteroatoms. The van der Waals surface area contributed by atoms with Crippen LogP contribution in [0.4, 0.5) is 0 Å². The Hall–Kier alpha value is -2.01. The summed E-state index contributed by atoms with van der Waals surface area (Å²) >= 11 is 1.88. The van der Waals surface area contributed by atoms with Crippen LogP contribution in [-0.4, -0.2) is 41.0 Å². The maximum absolute atomic E-state index is 4.10. The highest BCUT2D eigenvalue weighted by Gasteiger charge is 2.17. The van der Waals surface area contributed by atoms with Gasteiger partial charge in [-0.25, -0.2) is 0 Å². The van der Waals surface area contributed by atoms with Crippen LogP contribution in [0.25, 0.3) is 11.1 Å². The zero-order valence-corrected chi connectivity index (χ0v) is 15.2. The summed E-state index contributed by atoms with van der Waals surface area (Å²) in [5, 5.41) is 2.28. The van der Waals surface area contributed by atoms with Crippen LogP contribution in [0.15, 0.2) is 66.3 Å². The van der Waals surface area contributed by atoms with Crippen LogP contribution < -0.4 is 0 Å². The first kappa shape index (κ1) is 16.5. The number of pyridine rings is 1.